The van der Waals surface area contributed by atoms with Crippen molar-refractivity contribution >= 4 is 11.9 Å². The van der Waals surface area contributed by atoms with E-state index in [0.29, 0.717) is 0 Å². The van der Waals surface area contributed by atoms with Crippen molar-refractivity contribution in [2.24, 2.45) is 0 Å². The predicted octanol–water partition coefficient (Wildman–Crippen LogP) is 0.669. The van der Waals surface area contributed by atoms with Crippen LogP contribution in [-0.4, -0.2) is 25.7 Å². The van der Waals surface area contributed by atoms with Crippen molar-refractivity contribution in [1.29, 1.82) is 0 Å². The standard InChI is InChI=1S/C8H12O4/c1-4-6(7(9)11-3)8(10)12-5-2/h4H,5H2,1-3H3. The van der Waals surface area contributed by atoms with Crippen LogP contribution in [0.2, 0.25) is 0 Å². The maximum Gasteiger partial charge on any atom is 0.345 e. The predicted molar refractivity (Wildman–Crippen MR) is 42.4 cm³/mol. The Balaban J connectivity index is 4.37. The van der Waals surface area contributed by atoms with E-state index in [4.69, 9.17) is 0 Å². The molecule has 0 rings (SSSR count). The number of allylic oxidation sites excluding steroid dienone is 1. The molecule has 4 nitrogen and oxygen atoms in total. The van der Waals surface area contributed by atoms with Gasteiger partial charge in [-0.25, -0.2) is 9.59 Å². The summed E-state index contributed by atoms with van der Waals surface area (Å²) >= 11 is 0. The van der Waals surface area contributed by atoms with Gasteiger partial charge < -0.3 is 9.47 Å². The number of ether oxygens (including phenoxy) is 2. The summed E-state index contributed by atoms with van der Waals surface area (Å²) in [5, 5.41) is 0. The van der Waals surface area contributed by atoms with Gasteiger partial charge in [0.15, 0.2) is 0 Å². The van der Waals surface area contributed by atoms with E-state index in [-0.39, 0.29) is 12.2 Å². The first-order chi connectivity index (χ1) is 5.67. The molecule has 0 fully saturated rings. The van der Waals surface area contributed by atoms with Gasteiger partial charge in [-0.15, -0.1) is 0 Å². The zero-order valence-corrected chi connectivity index (χ0v) is 7.42. The lowest BCUT2D eigenvalue weighted by Gasteiger charge is -2.03. The maximum atomic E-state index is 11.0. The first kappa shape index (κ1) is 10.7. The van der Waals surface area contributed by atoms with Crippen LogP contribution in [0.3, 0.4) is 0 Å². The molecule has 0 amide bonds. The summed E-state index contributed by atoms with van der Waals surface area (Å²) in [6.07, 6.45) is 1.36. The van der Waals surface area contributed by atoms with Gasteiger partial charge in [0.2, 0.25) is 0 Å². The Bertz CT molecular complexity index is 205. The fourth-order valence-electron chi connectivity index (χ4n) is 0.638. The van der Waals surface area contributed by atoms with Crippen LogP contribution in [0.25, 0.3) is 0 Å². The smallest absolute Gasteiger partial charge is 0.345 e. The van der Waals surface area contributed by atoms with Crippen molar-refractivity contribution in [3.8, 4) is 0 Å². The molecule has 0 bridgehead atoms. The van der Waals surface area contributed by atoms with Crippen molar-refractivity contribution in [2.45, 2.75) is 13.8 Å². The molecule has 12 heavy (non-hydrogen) atoms. The molecule has 0 saturated carbocycles. The van der Waals surface area contributed by atoms with Gasteiger partial charge in [0.1, 0.15) is 5.57 Å². The van der Waals surface area contributed by atoms with E-state index in [0.717, 1.165) is 0 Å². The second-order valence-electron chi connectivity index (χ2n) is 1.91. The molecule has 68 valence electrons. The van der Waals surface area contributed by atoms with E-state index in [9.17, 15) is 9.59 Å². The van der Waals surface area contributed by atoms with E-state index in [2.05, 4.69) is 9.47 Å². The summed E-state index contributed by atoms with van der Waals surface area (Å²) in [4.78, 5) is 21.9. The summed E-state index contributed by atoms with van der Waals surface area (Å²) in [6, 6.07) is 0. The van der Waals surface area contributed by atoms with Gasteiger partial charge >= 0.3 is 11.9 Å². The van der Waals surface area contributed by atoms with Crippen LogP contribution >= 0.6 is 0 Å². The first-order valence-corrected chi connectivity index (χ1v) is 3.59. The number of esters is 2. The fourth-order valence-corrected chi connectivity index (χ4v) is 0.638. The van der Waals surface area contributed by atoms with Crippen LogP contribution in [0.15, 0.2) is 11.6 Å². The van der Waals surface area contributed by atoms with Crippen LogP contribution in [0.1, 0.15) is 13.8 Å². The normalized spacial score (nSPS) is 10.8. The number of methoxy groups -OCH3 is 1. The maximum absolute atomic E-state index is 11.0. The zero-order valence-electron chi connectivity index (χ0n) is 7.42. The Labute approximate surface area is 71.2 Å². The molecular formula is C8H12O4. The quantitative estimate of drug-likeness (QED) is 0.272. The van der Waals surface area contributed by atoms with Gasteiger partial charge in [-0.3, -0.25) is 0 Å². The minimum absolute atomic E-state index is 0.0700. The minimum atomic E-state index is -0.670. The van der Waals surface area contributed by atoms with Gasteiger partial charge in [-0.1, -0.05) is 6.08 Å². The third-order valence-corrected chi connectivity index (χ3v) is 1.19. The molecule has 0 heterocycles. The fraction of sp³-hybridized carbons (Fsp3) is 0.500. The SMILES string of the molecule is CC=C(C(=O)OC)C(=O)OCC. The molecule has 0 N–H and O–H groups in total. The van der Waals surface area contributed by atoms with Crippen molar-refractivity contribution < 1.29 is 19.1 Å². The highest BCUT2D eigenvalue weighted by Gasteiger charge is 2.18. The molecule has 0 saturated heterocycles. The Kier molecular flexibility index (Phi) is 4.76. The van der Waals surface area contributed by atoms with E-state index >= 15 is 0 Å². The summed E-state index contributed by atoms with van der Waals surface area (Å²) in [5.41, 5.74) is -0.0700. The summed E-state index contributed by atoms with van der Waals surface area (Å²) < 4.78 is 8.97. The first-order valence-electron chi connectivity index (χ1n) is 3.59. The molecule has 0 radical (unpaired) electrons. The topological polar surface area (TPSA) is 52.6 Å². The van der Waals surface area contributed by atoms with Gasteiger partial charge in [0.25, 0.3) is 0 Å². The Morgan fingerprint density at radius 3 is 2.25 bits per heavy atom. The Morgan fingerprint density at radius 1 is 1.33 bits per heavy atom. The lowest BCUT2D eigenvalue weighted by molar-refractivity contribution is -0.145. The number of rotatable bonds is 3. The molecule has 0 aromatic rings. The van der Waals surface area contributed by atoms with E-state index in [1.165, 1.54) is 13.2 Å². The average Bonchev–Trinajstić information content (AvgIpc) is 2.06. The number of hydrogen-bond acceptors (Lipinski definition) is 4. The third-order valence-electron chi connectivity index (χ3n) is 1.19. The summed E-state index contributed by atoms with van der Waals surface area (Å²) in [5.74, 6) is -1.32. The van der Waals surface area contributed by atoms with E-state index in [1.807, 2.05) is 0 Å². The van der Waals surface area contributed by atoms with Gasteiger partial charge in [0.05, 0.1) is 13.7 Å². The molecule has 4 heteroatoms. The molecule has 0 aliphatic rings. The molecule has 0 aromatic carbocycles. The van der Waals surface area contributed by atoms with E-state index < -0.39 is 11.9 Å². The lowest BCUT2D eigenvalue weighted by Crippen LogP contribution is -2.16. The largest absolute Gasteiger partial charge is 0.465 e. The van der Waals surface area contributed by atoms with Gasteiger partial charge in [-0.2, -0.15) is 0 Å². The van der Waals surface area contributed by atoms with E-state index in [1.54, 1.807) is 13.8 Å². The van der Waals surface area contributed by atoms with Gasteiger partial charge in [0, 0.05) is 0 Å². The molecule has 0 unspecified atom stereocenters. The second-order valence-corrected chi connectivity index (χ2v) is 1.91. The number of carbonyl (C=O) groups is 2. The minimum Gasteiger partial charge on any atom is -0.465 e. The van der Waals surface area contributed by atoms with Crippen molar-refractivity contribution in [3.05, 3.63) is 11.6 Å². The van der Waals surface area contributed by atoms with Crippen LogP contribution in [0, 0.1) is 0 Å². The van der Waals surface area contributed by atoms with Crippen LogP contribution in [0.5, 0.6) is 0 Å². The van der Waals surface area contributed by atoms with Crippen molar-refractivity contribution in [1.82, 2.24) is 0 Å². The Hall–Kier alpha value is -1.32. The van der Waals surface area contributed by atoms with Crippen LogP contribution < -0.4 is 0 Å². The lowest BCUT2D eigenvalue weighted by atomic mass is 10.2. The molecule has 0 aromatic heterocycles. The van der Waals surface area contributed by atoms with Gasteiger partial charge in [-0.05, 0) is 13.8 Å². The average molecular weight is 172 g/mol. The highest BCUT2D eigenvalue weighted by Crippen LogP contribution is 2.00. The molecule has 0 aliphatic heterocycles. The summed E-state index contributed by atoms with van der Waals surface area (Å²) in [6.45, 7) is 3.48. The van der Waals surface area contributed by atoms with Crippen LogP contribution in [-0.2, 0) is 19.1 Å². The monoisotopic (exact) mass is 172 g/mol. The molecular weight excluding hydrogens is 160 g/mol. The van der Waals surface area contributed by atoms with Crippen molar-refractivity contribution in [3.63, 3.8) is 0 Å². The molecule has 0 aliphatic carbocycles. The Morgan fingerprint density at radius 2 is 1.92 bits per heavy atom. The number of hydrogen-bond donors (Lipinski definition) is 0. The van der Waals surface area contributed by atoms with Crippen molar-refractivity contribution in [2.75, 3.05) is 13.7 Å². The second kappa shape index (κ2) is 5.35. The molecule has 0 spiro atoms. The van der Waals surface area contributed by atoms with Crippen LogP contribution in [0.4, 0.5) is 0 Å². The highest BCUT2D eigenvalue weighted by molar-refractivity contribution is 6.13. The zero-order chi connectivity index (χ0) is 9.56. The summed E-state index contributed by atoms with van der Waals surface area (Å²) in [7, 11) is 1.21. The third kappa shape index (κ3) is 2.74. The highest BCUT2D eigenvalue weighted by atomic mass is 16.5. The number of carbonyl (C=O) groups excluding carboxylic acids is 2. The molecule has 0 atom stereocenters.